The average Bonchev–Trinajstić information content (AvgIpc) is 3.42. The minimum atomic E-state index is -3.20. The van der Waals surface area contributed by atoms with Crippen molar-refractivity contribution in [3.05, 3.63) is 62.3 Å². The van der Waals surface area contributed by atoms with Crippen molar-refractivity contribution in [3.8, 4) is 6.07 Å². The van der Waals surface area contributed by atoms with E-state index in [1.807, 2.05) is 25.1 Å². The first kappa shape index (κ1) is 27.4. The number of hydrogen-bond acceptors (Lipinski definition) is 9. The minimum Gasteiger partial charge on any atom is -0.368 e. The number of rotatable bonds is 5. The number of carbonyl (C=O) groups excluding carboxylic acids is 1. The second-order valence-electron chi connectivity index (χ2n) is 9.82. The number of amides is 1. The highest BCUT2D eigenvalue weighted by molar-refractivity contribution is 8.26. The van der Waals surface area contributed by atoms with Crippen LogP contribution < -0.4 is 15.4 Å². The lowest BCUT2D eigenvalue weighted by Gasteiger charge is -2.39. The molecule has 0 spiro atoms. The maximum Gasteiger partial charge on any atom is 0.270 e. The van der Waals surface area contributed by atoms with Crippen molar-refractivity contribution in [2.75, 3.05) is 47.5 Å². The molecule has 1 aromatic heterocycles. The molecule has 1 amide bonds. The largest absolute Gasteiger partial charge is 0.368 e. The normalized spacial score (nSPS) is 22.1. The van der Waals surface area contributed by atoms with E-state index in [0.29, 0.717) is 52.2 Å². The van der Waals surface area contributed by atoms with Crippen molar-refractivity contribution >= 4 is 61.6 Å². The van der Waals surface area contributed by atoms with Crippen LogP contribution in [0.3, 0.4) is 0 Å². The SMILES string of the molecule is CCn1c(N2CCN(c3ccccc3)CC2)c(C=C2SC(=S)N(C3CCS(=O)(=O)C3)C2=O)c(C)c(C#N)c1=O. The molecule has 9 nitrogen and oxygen atoms in total. The molecule has 0 radical (unpaired) electrons. The summed E-state index contributed by atoms with van der Waals surface area (Å²) in [5.74, 6) is 0.292. The predicted molar refractivity (Wildman–Crippen MR) is 159 cm³/mol. The Hall–Kier alpha value is -3.14. The lowest BCUT2D eigenvalue weighted by atomic mass is 10.0. The van der Waals surface area contributed by atoms with Gasteiger partial charge in [-0.25, -0.2) is 8.42 Å². The number of thioether (sulfide) groups is 1. The average molecular weight is 584 g/mol. The zero-order valence-electron chi connectivity index (χ0n) is 21.8. The molecule has 3 saturated heterocycles. The number of hydrogen-bond donors (Lipinski definition) is 0. The van der Waals surface area contributed by atoms with Gasteiger partial charge in [-0.05, 0) is 44.0 Å². The zero-order chi connectivity index (χ0) is 27.9. The smallest absolute Gasteiger partial charge is 0.270 e. The van der Waals surface area contributed by atoms with Crippen molar-refractivity contribution in [1.29, 1.82) is 5.26 Å². The van der Waals surface area contributed by atoms with E-state index in [9.17, 15) is 23.3 Å². The molecule has 0 saturated carbocycles. The van der Waals surface area contributed by atoms with Gasteiger partial charge in [0.25, 0.3) is 11.5 Å². The molecule has 204 valence electrons. The predicted octanol–water partition coefficient (Wildman–Crippen LogP) is 2.76. The Labute approximate surface area is 237 Å². The fourth-order valence-corrected chi connectivity index (χ4v) is 8.58. The van der Waals surface area contributed by atoms with Crippen molar-refractivity contribution < 1.29 is 13.2 Å². The lowest BCUT2D eigenvalue weighted by molar-refractivity contribution is -0.123. The van der Waals surface area contributed by atoms with Crippen LogP contribution in [0, 0.1) is 18.3 Å². The Balaban J connectivity index is 1.54. The number of pyridine rings is 1. The van der Waals surface area contributed by atoms with E-state index in [1.165, 1.54) is 4.90 Å². The Kier molecular flexibility index (Phi) is 7.59. The van der Waals surface area contributed by atoms with Gasteiger partial charge in [-0.3, -0.25) is 19.1 Å². The van der Waals surface area contributed by atoms with Gasteiger partial charge in [0, 0.05) is 44.0 Å². The molecule has 2 aromatic rings. The summed E-state index contributed by atoms with van der Waals surface area (Å²) in [5.41, 5.74) is 1.99. The maximum absolute atomic E-state index is 13.5. The number of para-hydroxylation sites is 1. The summed E-state index contributed by atoms with van der Waals surface area (Å²) in [6.07, 6.45) is 2.08. The first-order valence-electron chi connectivity index (χ1n) is 12.8. The zero-order valence-corrected chi connectivity index (χ0v) is 24.2. The molecule has 1 atom stereocenters. The van der Waals surface area contributed by atoms with Crippen LogP contribution in [0.4, 0.5) is 11.5 Å². The first-order valence-corrected chi connectivity index (χ1v) is 15.9. The van der Waals surface area contributed by atoms with Crippen LogP contribution in [0.2, 0.25) is 0 Å². The summed E-state index contributed by atoms with van der Waals surface area (Å²) in [7, 11) is -3.20. The maximum atomic E-state index is 13.5. The number of thiocarbonyl (C=S) groups is 1. The van der Waals surface area contributed by atoms with Crippen molar-refractivity contribution in [2.45, 2.75) is 32.9 Å². The summed E-state index contributed by atoms with van der Waals surface area (Å²) in [6.45, 7) is 6.77. The minimum absolute atomic E-state index is 0.0407. The first-order chi connectivity index (χ1) is 18.6. The molecule has 39 heavy (non-hydrogen) atoms. The highest BCUT2D eigenvalue weighted by atomic mass is 32.2. The third kappa shape index (κ3) is 5.11. The van der Waals surface area contributed by atoms with Gasteiger partial charge < -0.3 is 9.80 Å². The van der Waals surface area contributed by atoms with Crippen LogP contribution in [0.15, 0.2) is 40.0 Å². The number of benzene rings is 1. The fraction of sp³-hybridized carbons (Fsp3) is 0.407. The molecule has 1 unspecified atom stereocenters. The second-order valence-corrected chi connectivity index (χ2v) is 13.7. The molecule has 3 aliphatic rings. The molecular formula is C27H29N5O4S3. The molecule has 4 heterocycles. The number of nitrogens with zero attached hydrogens (tertiary/aromatic N) is 5. The van der Waals surface area contributed by atoms with Crippen LogP contribution in [0.1, 0.15) is 30.0 Å². The standard InChI is InChI=1S/C27H29N5O4S3/c1-3-31-24(30-12-10-29(11-13-30)19-7-5-4-6-8-19)21(18(2)22(16-28)25(31)33)15-23-26(34)32(27(37)38-23)20-9-14-39(35,36)17-20/h4-8,15,20H,3,9-14,17H2,1-2H3. The highest BCUT2D eigenvalue weighted by Crippen LogP contribution is 2.38. The van der Waals surface area contributed by atoms with Crippen molar-refractivity contribution in [1.82, 2.24) is 9.47 Å². The van der Waals surface area contributed by atoms with E-state index < -0.39 is 15.9 Å². The van der Waals surface area contributed by atoms with Gasteiger partial charge >= 0.3 is 0 Å². The topological polar surface area (TPSA) is 107 Å². The number of anilines is 2. The molecule has 3 fully saturated rings. The van der Waals surface area contributed by atoms with Gasteiger partial charge in [-0.1, -0.05) is 42.2 Å². The number of sulfone groups is 1. The number of piperazine rings is 1. The monoisotopic (exact) mass is 583 g/mol. The van der Waals surface area contributed by atoms with Crippen LogP contribution in [-0.4, -0.2) is 71.8 Å². The van der Waals surface area contributed by atoms with E-state index in [2.05, 4.69) is 28.0 Å². The Morgan fingerprint density at radius 2 is 1.79 bits per heavy atom. The molecule has 1 aromatic carbocycles. The molecule has 3 aliphatic heterocycles. The number of carbonyl (C=O) groups is 1. The van der Waals surface area contributed by atoms with Crippen LogP contribution in [0.25, 0.3) is 6.08 Å². The summed E-state index contributed by atoms with van der Waals surface area (Å²) < 4.78 is 26.1. The van der Waals surface area contributed by atoms with Crippen LogP contribution in [0.5, 0.6) is 0 Å². The highest BCUT2D eigenvalue weighted by Gasteiger charge is 2.42. The summed E-state index contributed by atoms with van der Waals surface area (Å²) in [5, 5.41) is 9.83. The second kappa shape index (κ2) is 10.8. The van der Waals surface area contributed by atoms with Crippen LogP contribution >= 0.6 is 24.0 Å². The van der Waals surface area contributed by atoms with Gasteiger partial charge in [-0.2, -0.15) is 5.26 Å². The van der Waals surface area contributed by atoms with Gasteiger partial charge in [0.2, 0.25) is 0 Å². The summed E-state index contributed by atoms with van der Waals surface area (Å²) in [4.78, 5) is 33.0. The Bertz CT molecular complexity index is 1570. The van der Waals surface area contributed by atoms with Gasteiger partial charge in [0.15, 0.2) is 9.84 Å². The van der Waals surface area contributed by atoms with Crippen molar-refractivity contribution in [3.63, 3.8) is 0 Å². The third-order valence-corrected chi connectivity index (χ3v) is 10.6. The summed E-state index contributed by atoms with van der Waals surface area (Å²) in [6, 6.07) is 11.7. The number of nitriles is 1. The molecular weight excluding hydrogens is 555 g/mol. The van der Waals surface area contributed by atoms with Crippen LogP contribution in [-0.2, 0) is 21.2 Å². The number of aromatic nitrogens is 1. The fourth-order valence-electron chi connectivity index (χ4n) is 5.50. The van der Waals surface area contributed by atoms with E-state index >= 15 is 0 Å². The molecule has 0 N–H and O–H groups in total. The molecule has 0 bridgehead atoms. The van der Waals surface area contributed by atoms with Crippen molar-refractivity contribution in [2.24, 2.45) is 0 Å². The lowest BCUT2D eigenvalue weighted by Crippen LogP contribution is -2.48. The Morgan fingerprint density at radius 3 is 2.38 bits per heavy atom. The molecule has 12 heteroatoms. The molecule has 0 aliphatic carbocycles. The van der Waals surface area contributed by atoms with Gasteiger partial charge in [0.05, 0.1) is 22.5 Å². The molecule has 5 rings (SSSR count). The van der Waals surface area contributed by atoms with E-state index in [1.54, 1.807) is 17.6 Å². The van der Waals surface area contributed by atoms with E-state index in [-0.39, 0.29) is 28.5 Å². The Morgan fingerprint density at radius 1 is 1.13 bits per heavy atom. The van der Waals surface area contributed by atoms with E-state index in [0.717, 1.165) is 30.5 Å². The summed E-state index contributed by atoms with van der Waals surface area (Å²) >= 11 is 6.63. The van der Waals surface area contributed by atoms with E-state index in [4.69, 9.17) is 12.2 Å². The van der Waals surface area contributed by atoms with Gasteiger partial charge in [0.1, 0.15) is 21.8 Å². The quantitative estimate of drug-likeness (QED) is 0.388. The third-order valence-electron chi connectivity index (χ3n) is 7.54. The van der Waals surface area contributed by atoms with Gasteiger partial charge in [-0.15, -0.1) is 0 Å².